The number of aromatic nitrogens is 1. The predicted molar refractivity (Wildman–Crippen MR) is 122 cm³/mol. The minimum atomic E-state index is -0.162. The summed E-state index contributed by atoms with van der Waals surface area (Å²) in [5.74, 6) is 1.45. The third kappa shape index (κ3) is 4.38. The molecule has 6 nitrogen and oxygen atoms in total. The number of methoxy groups -OCH3 is 3. The summed E-state index contributed by atoms with van der Waals surface area (Å²) >= 11 is 0. The van der Waals surface area contributed by atoms with Crippen LogP contribution >= 0.6 is 0 Å². The Morgan fingerprint density at radius 2 is 1.77 bits per heavy atom. The highest BCUT2D eigenvalue weighted by Gasteiger charge is 2.15. The molecule has 1 aromatic heterocycles. The minimum Gasteiger partial charge on any atom is -0.493 e. The fourth-order valence-corrected chi connectivity index (χ4v) is 4.18. The molecule has 4 rings (SSSR count). The maximum absolute atomic E-state index is 12.4. The SMILES string of the molecule is COc1cc(/C=C\C(=O)NCc2ccc3[nH]c4c(c3c2)CCCC4)cc(OC)c1OC. The van der Waals surface area contributed by atoms with E-state index in [0.717, 1.165) is 24.0 Å². The summed E-state index contributed by atoms with van der Waals surface area (Å²) in [5, 5.41) is 4.25. The fraction of sp³-hybridized carbons (Fsp3) is 0.320. The molecule has 1 aliphatic rings. The first-order valence-electron chi connectivity index (χ1n) is 10.5. The van der Waals surface area contributed by atoms with Crippen molar-refractivity contribution in [1.82, 2.24) is 10.3 Å². The van der Waals surface area contributed by atoms with Crippen LogP contribution in [0.5, 0.6) is 17.2 Å². The molecule has 6 heteroatoms. The molecule has 2 N–H and O–H groups in total. The number of carbonyl (C=O) groups is 1. The molecule has 0 fully saturated rings. The van der Waals surface area contributed by atoms with E-state index >= 15 is 0 Å². The molecule has 0 saturated heterocycles. The van der Waals surface area contributed by atoms with E-state index in [-0.39, 0.29) is 5.91 Å². The second-order valence-corrected chi connectivity index (χ2v) is 7.68. The van der Waals surface area contributed by atoms with Crippen molar-refractivity contribution in [1.29, 1.82) is 0 Å². The molecule has 3 aromatic rings. The number of aryl methyl sites for hydroxylation is 2. The highest BCUT2D eigenvalue weighted by Crippen LogP contribution is 2.38. The average molecular weight is 421 g/mol. The standard InChI is InChI=1S/C25H28N2O4/c1-29-22-13-16(14-23(30-2)25(22)31-3)9-11-24(28)26-15-17-8-10-21-19(12-17)18-6-4-5-7-20(18)27-21/h8-14,27H,4-7,15H2,1-3H3,(H,26,28)/b11-9-. The molecule has 31 heavy (non-hydrogen) atoms. The molecular weight excluding hydrogens is 392 g/mol. The van der Waals surface area contributed by atoms with Crippen molar-refractivity contribution in [2.24, 2.45) is 0 Å². The molecule has 1 amide bonds. The van der Waals surface area contributed by atoms with E-state index in [1.54, 1.807) is 39.5 Å². The van der Waals surface area contributed by atoms with Gasteiger partial charge in [0.05, 0.1) is 21.3 Å². The van der Waals surface area contributed by atoms with Gasteiger partial charge in [-0.1, -0.05) is 6.07 Å². The molecule has 0 radical (unpaired) electrons. The first-order chi connectivity index (χ1) is 15.1. The van der Waals surface area contributed by atoms with Crippen molar-refractivity contribution in [3.8, 4) is 17.2 Å². The van der Waals surface area contributed by atoms with Crippen LogP contribution in [-0.4, -0.2) is 32.2 Å². The zero-order valence-electron chi connectivity index (χ0n) is 18.2. The van der Waals surface area contributed by atoms with Crippen molar-refractivity contribution in [2.75, 3.05) is 21.3 Å². The second-order valence-electron chi connectivity index (χ2n) is 7.68. The summed E-state index contributed by atoms with van der Waals surface area (Å²) in [4.78, 5) is 15.9. The van der Waals surface area contributed by atoms with Crippen molar-refractivity contribution < 1.29 is 19.0 Å². The second kappa shape index (κ2) is 9.16. The van der Waals surface area contributed by atoms with Crippen LogP contribution in [-0.2, 0) is 24.2 Å². The Morgan fingerprint density at radius 3 is 2.48 bits per heavy atom. The number of carbonyl (C=O) groups excluding carboxylic acids is 1. The first kappa shape index (κ1) is 20.8. The number of benzene rings is 2. The predicted octanol–water partition coefficient (Wildman–Crippen LogP) is 4.40. The zero-order chi connectivity index (χ0) is 21.8. The maximum Gasteiger partial charge on any atom is 0.244 e. The van der Waals surface area contributed by atoms with Crippen LogP contribution in [0.15, 0.2) is 36.4 Å². The fourth-order valence-electron chi connectivity index (χ4n) is 4.18. The average Bonchev–Trinajstić information content (AvgIpc) is 3.18. The Morgan fingerprint density at radius 1 is 1.03 bits per heavy atom. The van der Waals surface area contributed by atoms with Crippen LogP contribution in [0, 0.1) is 0 Å². The molecule has 2 aromatic carbocycles. The molecule has 162 valence electrons. The third-order valence-electron chi connectivity index (χ3n) is 5.74. The van der Waals surface area contributed by atoms with Gasteiger partial charge in [-0.15, -0.1) is 0 Å². The number of hydrogen-bond acceptors (Lipinski definition) is 4. The summed E-state index contributed by atoms with van der Waals surface area (Å²) in [6, 6.07) is 9.97. The van der Waals surface area contributed by atoms with Gasteiger partial charge in [0.25, 0.3) is 0 Å². The highest BCUT2D eigenvalue weighted by molar-refractivity contribution is 5.92. The van der Waals surface area contributed by atoms with E-state index in [9.17, 15) is 4.79 Å². The van der Waals surface area contributed by atoms with Gasteiger partial charge in [0, 0.05) is 29.2 Å². The number of fused-ring (bicyclic) bond motifs is 3. The smallest absolute Gasteiger partial charge is 0.244 e. The normalized spacial score (nSPS) is 13.3. The van der Waals surface area contributed by atoms with Crippen LogP contribution in [0.25, 0.3) is 17.0 Å². The lowest BCUT2D eigenvalue weighted by Gasteiger charge is -2.12. The van der Waals surface area contributed by atoms with Crippen LogP contribution in [0.2, 0.25) is 0 Å². The minimum absolute atomic E-state index is 0.162. The third-order valence-corrected chi connectivity index (χ3v) is 5.74. The van der Waals surface area contributed by atoms with Crippen molar-refractivity contribution in [2.45, 2.75) is 32.2 Å². The molecule has 0 bridgehead atoms. The van der Waals surface area contributed by atoms with Crippen LogP contribution in [0.3, 0.4) is 0 Å². The Kier molecular flexibility index (Phi) is 6.16. The van der Waals surface area contributed by atoms with Gasteiger partial charge >= 0.3 is 0 Å². The molecule has 1 heterocycles. The summed E-state index contributed by atoms with van der Waals surface area (Å²) in [6.45, 7) is 0.480. The van der Waals surface area contributed by atoms with E-state index in [2.05, 4.69) is 28.5 Å². The van der Waals surface area contributed by atoms with Gasteiger partial charge < -0.3 is 24.5 Å². The van der Waals surface area contributed by atoms with Gasteiger partial charge in [-0.25, -0.2) is 0 Å². The number of ether oxygens (including phenoxy) is 3. The lowest BCUT2D eigenvalue weighted by molar-refractivity contribution is -0.116. The largest absolute Gasteiger partial charge is 0.493 e. The van der Waals surface area contributed by atoms with Gasteiger partial charge in [0.2, 0.25) is 11.7 Å². The van der Waals surface area contributed by atoms with Crippen molar-refractivity contribution in [3.05, 3.63) is 58.8 Å². The Labute approximate surface area is 182 Å². The van der Waals surface area contributed by atoms with Gasteiger partial charge in [-0.2, -0.15) is 0 Å². The summed E-state index contributed by atoms with van der Waals surface area (Å²) in [5.41, 5.74) is 5.87. The van der Waals surface area contributed by atoms with Gasteiger partial charge in [-0.3, -0.25) is 4.79 Å². The molecule has 1 aliphatic carbocycles. The lowest BCUT2D eigenvalue weighted by atomic mass is 9.95. The van der Waals surface area contributed by atoms with E-state index < -0.39 is 0 Å². The van der Waals surface area contributed by atoms with E-state index in [1.165, 1.54) is 41.1 Å². The number of amides is 1. The number of aromatic amines is 1. The molecule has 0 atom stereocenters. The Balaban J connectivity index is 1.44. The van der Waals surface area contributed by atoms with E-state index in [4.69, 9.17) is 14.2 Å². The highest BCUT2D eigenvalue weighted by atomic mass is 16.5. The van der Waals surface area contributed by atoms with E-state index in [0.29, 0.717) is 23.8 Å². The van der Waals surface area contributed by atoms with Gasteiger partial charge in [-0.05, 0) is 72.7 Å². The topological polar surface area (TPSA) is 72.6 Å². The zero-order valence-corrected chi connectivity index (χ0v) is 18.2. The molecule has 0 spiro atoms. The van der Waals surface area contributed by atoms with Gasteiger partial charge in [0.1, 0.15) is 0 Å². The molecule has 0 saturated carbocycles. The monoisotopic (exact) mass is 420 g/mol. The summed E-state index contributed by atoms with van der Waals surface area (Å²) < 4.78 is 16.0. The van der Waals surface area contributed by atoms with Crippen molar-refractivity contribution >= 4 is 22.9 Å². The lowest BCUT2D eigenvalue weighted by Crippen LogP contribution is -2.20. The van der Waals surface area contributed by atoms with Crippen LogP contribution in [0.4, 0.5) is 0 Å². The summed E-state index contributed by atoms with van der Waals surface area (Å²) in [6.07, 6.45) is 7.99. The number of rotatable bonds is 7. The first-order valence-corrected chi connectivity index (χ1v) is 10.5. The van der Waals surface area contributed by atoms with Crippen molar-refractivity contribution in [3.63, 3.8) is 0 Å². The van der Waals surface area contributed by atoms with Crippen LogP contribution in [0.1, 0.15) is 35.2 Å². The number of nitrogens with one attached hydrogen (secondary N) is 2. The Bertz CT molecular complexity index is 1100. The number of hydrogen-bond donors (Lipinski definition) is 2. The Hall–Kier alpha value is -3.41. The molecule has 0 unspecified atom stereocenters. The van der Waals surface area contributed by atoms with E-state index in [1.807, 2.05) is 0 Å². The molecule has 0 aliphatic heterocycles. The maximum atomic E-state index is 12.4. The number of H-pyrrole nitrogens is 1. The van der Waals surface area contributed by atoms with Gasteiger partial charge in [0.15, 0.2) is 11.5 Å². The quantitative estimate of drug-likeness (QED) is 0.556. The summed E-state index contributed by atoms with van der Waals surface area (Å²) in [7, 11) is 4.69. The molecular formula is C25H28N2O4. The van der Waals surface area contributed by atoms with Crippen LogP contribution < -0.4 is 19.5 Å².